The average molecular weight is 473 g/mol. The van der Waals surface area contributed by atoms with Gasteiger partial charge in [-0.05, 0) is 36.4 Å². The number of para-hydroxylation sites is 2. The number of benzene rings is 3. The van der Waals surface area contributed by atoms with Gasteiger partial charge in [0.15, 0.2) is 0 Å². The van der Waals surface area contributed by atoms with Crippen molar-refractivity contribution in [1.82, 2.24) is 0 Å². The zero-order valence-electron chi connectivity index (χ0n) is 15.4. The fourth-order valence-electron chi connectivity index (χ4n) is 3.34. The van der Waals surface area contributed by atoms with Crippen molar-refractivity contribution >= 4 is 43.2 Å². The fourth-order valence-corrected chi connectivity index (χ4v) is 5.35. The lowest BCUT2D eigenvalue weighted by atomic mass is 10.0. The SMILES string of the molecule is COc1ccccc1NC(=O)CN1c2ccc(Br)cc2-c2ccccc2S1(=O)=O. The summed E-state index contributed by atoms with van der Waals surface area (Å²) in [5, 5.41) is 2.73. The van der Waals surface area contributed by atoms with Crippen LogP contribution in [-0.4, -0.2) is 28.0 Å². The minimum absolute atomic E-state index is 0.177. The van der Waals surface area contributed by atoms with E-state index >= 15 is 0 Å². The van der Waals surface area contributed by atoms with Crippen LogP contribution in [0, 0.1) is 0 Å². The zero-order chi connectivity index (χ0) is 20.6. The summed E-state index contributed by atoms with van der Waals surface area (Å²) in [7, 11) is -2.38. The molecule has 8 heteroatoms. The Kier molecular flexibility index (Phi) is 5.06. The Labute approximate surface area is 177 Å². The van der Waals surface area contributed by atoms with Crippen molar-refractivity contribution in [2.45, 2.75) is 4.90 Å². The minimum atomic E-state index is -3.89. The molecule has 1 N–H and O–H groups in total. The van der Waals surface area contributed by atoms with E-state index in [1.54, 1.807) is 60.7 Å². The smallest absolute Gasteiger partial charge is 0.265 e. The van der Waals surface area contributed by atoms with Crippen LogP contribution in [0.1, 0.15) is 0 Å². The molecule has 0 unspecified atom stereocenters. The number of nitrogens with zero attached hydrogens (tertiary/aromatic N) is 1. The highest BCUT2D eigenvalue weighted by molar-refractivity contribution is 9.10. The molecule has 3 aromatic carbocycles. The molecule has 1 aliphatic heterocycles. The molecule has 3 aromatic rings. The molecular formula is C21H17BrN2O4S. The number of ether oxygens (including phenoxy) is 1. The van der Waals surface area contributed by atoms with Gasteiger partial charge in [0.1, 0.15) is 12.3 Å². The maximum Gasteiger partial charge on any atom is 0.265 e. The van der Waals surface area contributed by atoms with E-state index in [0.717, 1.165) is 14.3 Å². The fraction of sp³-hybridized carbons (Fsp3) is 0.0952. The lowest BCUT2D eigenvalue weighted by Gasteiger charge is -2.31. The molecule has 1 aliphatic rings. The van der Waals surface area contributed by atoms with Gasteiger partial charge in [0, 0.05) is 15.6 Å². The van der Waals surface area contributed by atoms with Gasteiger partial charge in [0.2, 0.25) is 5.91 Å². The third-order valence-electron chi connectivity index (χ3n) is 4.64. The second kappa shape index (κ2) is 7.53. The Morgan fingerprint density at radius 3 is 2.55 bits per heavy atom. The number of halogens is 1. The predicted molar refractivity (Wildman–Crippen MR) is 116 cm³/mol. The average Bonchev–Trinajstić information content (AvgIpc) is 2.72. The molecule has 0 aromatic heterocycles. The van der Waals surface area contributed by atoms with Crippen LogP contribution < -0.4 is 14.4 Å². The lowest BCUT2D eigenvalue weighted by Crippen LogP contribution is -2.40. The van der Waals surface area contributed by atoms with Gasteiger partial charge in [-0.2, -0.15) is 0 Å². The number of amides is 1. The molecule has 0 radical (unpaired) electrons. The molecule has 0 fully saturated rings. The largest absolute Gasteiger partial charge is 0.495 e. The molecule has 29 heavy (non-hydrogen) atoms. The first-order valence-electron chi connectivity index (χ1n) is 8.76. The Hall–Kier alpha value is -2.84. The second-order valence-electron chi connectivity index (χ2n) is 6.42. The molecule has 0 bridgehead atoms. The number of carbonyl (C=O) groups excluding carboxylic acids is 1. The Balaban J connectivity index is 1.73. The normalized spacial score (nSPS) is 13.9. The highest BCUT2D eigenvalue weighted by Gasteiger charge is 2.36. The predicted octanol–water partition coefficient (Wildman–Crippen LogP) is 4.27. The summed E-state index contributed by atoms with van der Waals surface area (Å²) in [6.45, 7) is -0.358. The van der Waals surface area contributed by atoms with Crippen LogP contribution in [0.4, 0.5) is 11.4 Å². The number of carbonyl (C=O) groups is 1. The van der Waals surface area contributed by atoms with E-state index in [2.05, 4.69) is 21.2 Å². The monoisotopic (exact) mass is 472 g/mol. The summed E-state index contributed by atoms with van der Waals surface area (Å²) < 4.78 is 33.7. The summed E-state index contributed by atoms with van der Waals surface area (Å²) >= 11 is 3.44. The molecule has 0 atom stereocenters. The van der Waals surface area contributed by atoms with Crippen LogP contribution in [-0.2, 0) is 14.8 Å². The first kappa shape index (κ1) is 19.5. The summed E-state index contributed by atoms with van der Waals surface area (Å²) in [4.78, 5) is 12.9. The number of hydrogen-bond donors (Lipinski definition) is 1. The standard InChI is InChI=1S/C21H17BrN2O4S/c1-28-19-8-4-3-7-17(19)23-21(25)13-24-18-11-10-14(22)12-16(18)15-6-2-5-9-20(15)29(24,26)27/h2-12H,13H2,1H3,(H,23,25). The van der Waals surface area contributed by atoms with Crippen molar-refractivity contribution in [3.63, 3.8) is 0 Å². The van der Waals surface area contributed by atoms with Crippen LogP contribution in [0.25, 0.3) is 11.1 Å². The third kappa shape index (κ3) is 3.49. The maximum absolute atomic E-state index is 13.3. The number of nitrogens with one attached hydrogen (secondary N) is 1. The van der Waals surface area contributed by atoms with Crippen molar-refractivity contribution in [3.8, 4) is 16.9 Å². The number of anilines is 2. The van der Waals surface area contributed by atoms with Crippen molar-refractivity contribution in [1.29, 1.82) is 0 Å². The summed E-state index contributed by atoms with van der Waals surface area (Å²) in [5.74, 6) is 0.0309. The molecule has 6 nitrogen and oxygen atoms in total. The van der Waals surface area contributed by atoms with Crippen LogP contribution in [0.5, 0.6) is 5.75 Å². The number of rotatable bonds is 4. The third-order valence-corrected chi connectivity index (χ3v) is 6.95. The number of hydrogen-bond acceptors (Lipinski definition) is 4. The molecular weight excluding hydrogens is 456 g/mol. The summed E-state index contributed by atoms with van der Waals surface area (Å²) in [5.41, 5.74) is 2.30. The van der Waals surface area contributed by atoms with Crippen LogP contribution in [0.15, 0.2) is 76.1 Å². The first-order valence-corrected chi connectivity index (χ1v) is 11.0. The van der Waals surface area contributed by atoms with Crippen LogP contribution in [0.2, 0.25) is 0 Å². The molecule has 4 rings (SSSR count). The van der Waals surface area contributed by atoms with E-state index in [1.165, 1.54) is 7.11 Å². The van der Waals surface area contributed by atoms with E-state index in [4.69, 9.17) is 4.74 Å². The second-order valence-corrected chi connectivity index (χ2v) is 9.16. The molecule has 0 saturated heterocycles. The Bertz CT molecular complexity index is 1210. The number of methoxy groups -OCH3 is 1. The van der Waals surface area contributed by atoms with Gasteiger partial charge in [-0.15, -0.1) is 0 Å². The van der Waals surface area contributed by atoms with E-state index in [0.29, 0.717) is 22.7 Å². The van der Waals surface area contributed by atoms with Crippen LogP contribution in [0.3, 0.4) is 0 Å². The van der Waals surface area contributed by atoms with E-state index in [9.17, 15) is 13.2 Å². The Morgan fingerprint density at radius 2 is 1.76 bits per heavy atom. The molecule has 1 heterocycles. The van der Waals surface area contributed by atoms with Gasteiger partial charge >= 0.3 is 0 Å². The van der Waals surface area contributed by atoms with Gasteiger partial charge in [-0.25, -0.2) is 8.42 Å². The van der Waals surface area contributed by atoms with Gasteiger partial charge in [-0.1, -0.05) is 46.3 Å². The molecule has 1 amide bonds. The summed E-state index contributed by atoms with van der Waals surface area (Å²) in [6, 6.07) is 19.1. The zero-order valence-corrected chi connectivity index (χ0v) is 17.8. The highest BCUT2D eigenvalue weighted by Crippen LogP contribution is 2.43. The van der Waals surface area contributed by atoms with Gasteiger partial charge in [0.05, 0.1) is 23.4 Å². The van der Waals surface area contributed by atoms with Crippen molar-refractivity contribution < 1.29 is 17.9 Å². The van der Waals surface area contributed by atoms with E-state index in [1.807, 2.05) is 6.07 Å². The van der Waals surface area contributed by atoms with Crippen molar-refractivity contribution in [3.05, 3.63) is 71.2 Å². The van der Waals surface area contributed by atoms with Crippen molar-refractivity contribution in [2.24, 2.45) is 0 Å². The van der Waals surface area contributed by atoms with E-state index in [-0.39, 0.29) is 11.4 Å². The van der Waals surface area contributed by atoms with E-state index < -0.39 is 15.9 Å². The lowest BCUT2D eigenvalue weighted by molar-refractivity contribution is -0.114. The summed E-state index contributed by atoms with van der Waals surface area (Å²) in [6.07, 6.45) is 0. The number of sulfonamides is 1. The van der Waals surface area contributed by atoms with Crippen molar-refractivity contribution in [2.75, 3.05) is 23.3 Å². The molecule has 0 aliphatic carbocycles. The van der Waals surface area contributed by atoms with Gasteiger partial charge in [-0.3, -0.25) is 9.10 Å². The van der Waals surface area contributed by atoms with Gasteiger partial charge in [0.25, 0.3) is 10.0 Å². The molecule has 0 spiro atoms. The molecule has 0 saturated carbocycles. The minimum Gasteiger partial charge on any atom is -0.495 e. The topological polar surface area (TPSA) is 75.7 Å². The van der Waals surface area contributed by atoms with Crippen LogP contribution >= 0.6 is 15.9 Å². The first-order chi connectivity index (χ1) is 13.9. The van der Waals surface area contributed by atoms with Gasteiger partial charge < -0.3 is 10.1 Å². The number of fused-ring (bicyclic) bond motifs is 3. The quantitative estimate of drug-likeness (QED) is 0.614. The highest BCUT2D eigenvalue weighted by atomic mass is 79.9. The Morgan fingerprint density at radius 1 is 1.03 bits per heavy atom. The molecule has 148 valence electrons. The maximum atomic E-state index is 13.3.